The first kappa shape index (κ1) is 18.9. The van der Waals surface area contributed by atoms with Gasteiger partial charge < -0.3 is 5.32 Å². The maximum Gasteiger partial charge on any atom is 0.416 e. The number of hydrogen-bond donors (Lipinski definition) is 1. The summed E-state index contributed by atoms with van der Waals surface area (Å²) in [6.45, 7) is 1.86. The zero-order valence-electron chi connectivity index (χ0n) is 13.4. The summed E-state index contributed by atoms with van der Waals surface area (Å²) in [4.78, 5) is 13.0. The van der Waals surface area contributed by atoms with Crippen molar-refractivity contribution in [1.29, 1.82) is 0 Å². The molecule has 0 saturated carbocycles. The molecule has 2 aromatic carbocycles. The summed E-state index contributed by atoms with van der Waals surface area (Å²) < 4.78 is 37.9. The van der Waals surface area contributed by atoms with Crippen molar-refractivity contribution in [2.75, 3.05) is 6.54 Å². The zero-order chi connectivity index (χ0) is 18.3. The largest absolute Gasteiger partial charge is 0.416 e. The molecule has 0 aliphatic rings. The average molecular weight is 363 g/mol. The molecule has 130 valence electrons. The van der Waals surface area contributed by atoms with E-state index in [4.69, 9.17) is 0 Å². The first-order valence-corrected chi connectivity index (χ1v) is 8.40. The lowest BCUT2D eigenvalue weighted by molar-refractivity contribution is -0.137. The molecule has 0 saturated heterocycles. The molecule has 0 bridgehead atoms. The van der Waals surface area contributed by atoms with Crippen LogP contribution in [0.15, 0.2) is 59.5 Å². The van der Waals surface area contributed by atoms with Crippen molar-refractivity contribution in [3.8, 4) is 11.8 Å². The molecule has 2 aromatic rings. The van der Waals surface area contributed by atoms with Gasteiger partial charge in [-0.05, 0) is 37.3 Å². The van der Waals surface area contributed by atoms with Crippen LogP contribution in [-0.4, -0.2) is 17.7 Å². The summed E-state index contributed by atoms with van der Waals surface area (Å²) in [5.74, 6) is 5.13. The highest BCUT2D eigenvalue weighted by molar-refractivity contribution is 8.00. The first-order valence-electron chi connectivity index (χ1n) is 7.52. The van der Waals surface area contributed by atoms with Gasteiger partial charge in [0, 0.05) is 10.5 Å². The Bertz CT molecular complexity index is 778. The van der Waals surface area contributed by atoms with Crippen molar-refractivity contribution in [3.05, 3.63) is 65.7 Å². The molecule has 0 fully saturated rings. The van der Waals surface area contributed by atoms with E-state index in [0.717, 1.165) is 17.0 Å². The fourth-order valence-electron chi connectivity index (χ4n) is 1.95. The maximum absolute atomic E-state index is 12.6. The summed E-state index contributed by atoms with van der Waals surface area (Å²) in [5.41, 5.74) is -0.480. The number of carbonyl (C=O) groups excluding carboxylic acids is 1. The summed E-state index contributed by atoms with van der Waals surface area (Å²) in [5, 5.41) is 2.37. The normalized spacial score (nSPS) is 12.0. The van der Waals surface area contributed by atoms with Gasteiger partial charge in [-0.2, -0.15) is 13.2 Å². The van der Waals surface area contributed by atoms with Gasteiger partial charge in [-0.3, -0.25) is 4.79 Å². The fraction of sp³-hybridized carbons (Fsp3) is 0.211. The Morgan fingerprint density at radius 2 is 1.88 bits per heavy atom. The number of thioether (sulfide) groups is 1. The van der Waals surface area contributed by atoms with Gasteiger partial charge in [0.1, 0.15) is 0 Å². The molecule has 0 spiro atoms. The van der Waals surface area contributed by atoms with Gasteiger partial charge in [-0.1, -0.05) is 36.1 Å². The van der Waals surface area contributed by atoms with E-state index in [1.165, 1.54) is 23.9 Å². The quantitative estimate of drug-likeness (QED) is 0.646. The third-order valence-electron chi connectivity index (χ3n) is 3.20. The highest BCUT2D eigenvalue weighted by Crippen LogP contribution is 2.29. The van der Waals surface area contributed by atoms with Crippen LogP contribution in [0.3, 0.4) is 0 Å². The van der Waals surface area contributed by atoms with E-state index in [2.05, 4.69) is 17.2 Å². The molecule has 1 amide bonds. The van der Waals surface area contributed by atoms with Gasteiger partial charge >= 0.3 is 6.18 Å². The van der Waals surface area contributed by atoms with E-state index in [9.17, 15) is 18.0 Å². The second-order valence-electron chi connectivity index (χ2n) is 5.17. The molecule has 6 heteroatoms. The standard InChI is InChI=1S/C19H16F3NOS/c1-14(25-17-10-3-2-4-11-17)18(24)23-12-6-8-15-7-5-9-16(13-15)19(20,21)22/h2-5,7,9-11,13-14H,12H2,1H3,(H,23,24). The smallest absolute Gasteiger partial charge is 0.344 e. The van der Waals surface area contributed by atoms with E-state index >= 15 is 0 Å². The third-order valence-corrected chi connectivity index (χ3v) is 4.31. The minimum Gasteiger partial charge on any atom is -0.344 e. The van der Waals surface area contributed by atoms with Crippen LogP contribution >= 0.6 is 11.8 Å². The van der Waals surface area contributed by atoms with Crippen LogP contribution in [0.4, 0.5) is 13.2 Å². The minimum absolute atomic E-state index is 0.0781. The summed E-state index contributed by atoms with van der Waals surface area (Å²) >= 11 is 1.43. The van der Waals surface area contributed by atoms with Crippen LogP contribution in [0.1, 0.15) is 18.1 Å². The molecule has 0 radical (unpaired) electrons. The Morgan fingerprint density at radius 1 is 1.16 bits per heavy atom. The number of rotatable bonds is 4. The minimum atomic E-state index is -4.39. The molecule has 0 aliphatic carbocycles. The molecule has 2 rings (SSSR count). The number of hydrogen-bond acceptors (Lipinski definition) is 2. The van der Waals surface area contributed by atoms with Crippen LogP contribution < -0.4 is 5.32 Å². The SMILES string of the molecule is CC(Sc1ccccc1)C(=O)NCC#Cc1cccc(C(F)(F)F)c1. The predicted octanol–water partition coefficient (Wildman–Crippen LogP) is 4.35. The van der Waals surface area contributed by atoms with Crippen molar-refractivity contribution in [2.45, 2.75) is 23.2 Å². The monoisotopic (exact) mass is 363 g/mol. The molecular formula is C19H16F3NOS. The molecule has 1 N–H and O–H groups in total. The van der Waals surface area contributed by atoms with E-state index in [1.807, 2.05) is 30.3 Å². The molecular weight excluding hydrogens is 347 g/mol. The number of halogens is 3. The summed E-state index contributed by atoms with van der Waals surface area (Å²) in [6.07, 6.45) is -4.39. The van der Waals surface area contributed by atoms with Crippen LogP contribution in [0.2, 0.25) is 0 Å². The highest BCUT2D eigenvalue weighted by atomic mass is 32.2. The van der Waals surface area contributed by atoms with Gasteiger partial charge in [0.05, 0.1) is 17.4 Å². The average Bonchev–Trinajstić information content (AvgIpc) is 2.59. The Morgan fingerprint density at radius 3 is 2.56 bits per heavy atom. The topological polar surface area (TPSA) is 29.1 Å². The number of benzene rings is 2. The number of carbonyl (C=O) groups is 1. The van der Waals surface area contributed by atoms with Gasteiger partial charge in [0.25, 0.3) is 0 Å². The van der Waals surface area contributed by atoms with Crippen molar-refractivity contribution in [2.24, 2.45) is 0 Å². The van der Waals surface area contributed by atoms with Crippen molar-refractivity contribution >= 4 is 17.7 Å². The lowest BCUT2D eigenvalue weighted by Crippen LogP contribution is -2.31. The lowest BCUT2D eigenvalue weighted by atomic mass is 10.1. The molecule has 2 nitrogen and oxygen atoms in total. The van der Waals surface area contributed by atoms with E-state index in [1.54, 1.807) is 6.92 Å². The fourth-order valence-corrected chi connectivity index (χ4v) is 2.86. The van der Waals surface area contributed by atoms with Crippen molar-refractivity contribution < 1.29 is 18.0 Å². The van der Waals surface area contributed by atoms with Crippen LogP contribution in [0.5, 0.6) is 0 Å². The van der Waals surface area contributed by atoms with Gasteiger partial charge in [-0.15, -0.1) is 11.8 Å². The molecule has 0 heterocycles. The Hall–Kier alpha value is -2.39. The zero-order valence-corrected chi connectivity index (χ0v) is 14.2. The van der Waals surface area contributed by atoms with E-state index in [-0.39, 0.29) is 23.3 Å². The third kappa shape index (κ3) is 6.20. The van der Waals surface area contributed by atoms with Crippen LogP contribution in [0, 0.1) is 11.8 Å². The second kappa shape index (κ2) is 8.63. The van der Waals surface area contributed by atoms with Gasteiger partial charge in [-0.25, -0.2) is 0 Å². The Labute approximate surface area is 148 Å². The number of nitrogens with one attached hydrogen (secondary N) is 1. The Kier molecular flexibility index (Phi) is 6.54. The van der Waals surface area contributed by atoms with Crippen molar-refractivity contribution in [1.82, 2.24) is 5.32 Å². The van der Waals surface area contributed by atoms with Crippen LogP contribution in [-0.2, 0) is 11.0 Å². The second-order valence-corrected chi connectivity index (χ2v) is 6.59. The highest BCUT2D eigenvalue weighted by Gasteiger charge is 2.30. The van der Waals surface area contributed by atoms with E-state index < -0.39 is 11.7 Å². The molecule has 0 aliphatic heterocycles. The van der Waals surface area contributed by atoms with Crippen molar-refractivity contribution in [3.63, 3.8) is 0 Å². The molecule has 1 atom stereocenters. The predicted molar refractivity (Wildman–Crippen MR) is 93.1 cm³/mol. The van der Waals surface area contributed by atoms with E-state index in [0.29, 0.717) is 0 Å². The first-order chi connectivity index (χ1) is 11.9. The molecule has 25 heavy (non-hydrogen) atoms. The molecule has 1 unspecified atom stereocenters. The Balaban J connectivity index is 1.86. The van der Waals surface area contributed by atoms with Gasteiger partial charge in [0.2, 0.25) is 5.91 Å². The maximum atomic E-state index is 12.6. The summed E-state index contributed by atoms with van der Waals surface area (Å²) in [6, 6.07) is 14.3. The lowest BCUT2D eigenvalue weighted by Gasteiger charge is -2.10. The number of alkyl halides is 3. The molecule has 0 aromatic heterocycles. The number of amides is 1. The van der Waals surface area contributed by atoms with Crippen LogP contribution in [0.25, 0.3) is 0 Å². The summed E-state index contributed by atoms with van der Waals surface area (Å²) in [7, 11) is 0. The van der Waals surface area contributed by atoms with Gasteiger partial charge in [0.15, 0.2) is 0 Å².